The van der Waals surface area contributed by atoms with E-state index in [1.54, 1.807) is 0 Å². The Morgan fingerprint density at radius 3 is 1.55 bits per heavy atom. The van der Waals surface area contributed by atoms with E-state index in [2.05, 4.69) is 48.5 Å². The Bertz CT molecular complexity index is 521. The van der Waals surface area contributed by atoms with E-state index >= 15 is 0 Å². The van der Waals surface area contributed by atoms with Crippen molar-refractivity contribution >= 4 is 23.2 Å². The zero-order valence-corrected chi connectivity index (χ0v) is 12.9. The van der Waals surface area contributed by atoms with Crippen LogP contribution in [0, 0.1) is 0 Å². The van der Waals surface area contributed by atoms with Crippen molar-refractivity contribution in [2.45, 2.75) is 35.4 Å². The molecule has 1 aliphatic carbocycles. The molecule has 0 nitrogen and oxygen atoms in total. The first-order chi connectivity index (χ1) is 9.67. The van der Waals surface area contributed by atoms with Crippen molar-refractivity contribution in [3.8, 4) is 0 Å². The highest BCUT2D eigenvalue weighted by Gasteiger charge is 2.52. The van der Waals surface area contributed by atoms with E-state index in [4.69, 9.17) is 23.2 Å². The number of alkyl halides is 2. The zero-order chi connectivity index (χ0) is 14.1. The van der Waals surface area contributed by atoms with Gasteiger partial charge in [-0.15, -0.1) is 23.2 Å². The molecule has 2 aromatic carbocycles. The van der Waals surface area contributed by atoms with Gasteiger partial charge in [-0.05, 0) is 24.0 Å². The molecule has 1 fully saturated rings. The summed E-state index contributed by atoms with van der Waals surface area (Å²) in [6.45, 7) is 0. The Hall–Kier alpha value is -0.980. The molecule has 2 aromatic rings. The predicted molar refractivity (Wildman–Crippen MR) is 86.6 cm³/mol. The van der Waals surface area contributed by atoms with Crippen molar-refractivity contribution in [2.75, 3.05) is 0 Å². The van der Waals surface area contributed by atoms with Crippen LogP contribution in [0.2, 0.25) is 0 Å². The molecule has 1 aliphatic rings. The van der Waals surface area contributed by atoms with E-state index in [0.717, 1.165) is 25.7 Å². The van der Waals surface area contributed by atoms with E-state index in [9.17, 15) is 0 Å². The number of hydrogen-bond acceptors (Lipinski definition) is 0. The molecule has 3 rings (SSSR count). The normalized spacial score (nSPS) is 20.5. The minimum Gasteiger partial charge on any atom is -0.100 e. The summed E-state index contributed by atoms with van der Waals surface area (Å²) in [5.41, 5.74) is 2.13. The number of benzene rings is 2. The highest BCUT2D eigenvalue weighted by Crippen LogP contribution is 2.56. The highest BCUT2D eigenvalue weighted by atomic mass is 35.5. The molecule has 0 heterocycles. The van der Waals surface area contributed by atoms with E-state index in [1.807, 2.05) is 12.1 Å². The van der Waals surface area contributed by atoms with Crippen LogP contribution in [0.3, 0.4) is 0 Å². The molecule has 0 saturated heterocycles. The van der Waals surface area contributed by atoms with Gasteiger partial charge in [-0.2, -0.15) is 0 Å². The van der Waals surface area contributed by atoms with Crippen LogP contribution in [-0.2, 0) is 5.41 Å². The van der Waals surface area contributed by atoms with Gasteiger partial charge in [0.2, 0.25) is 0 Å². The van der Waals surface area contributed by atoms with E-state index < -0.39 is 4.33 Å². The topological polar surface area (TPSA) is 0 Å². The second kappa shape index (κ2) is 5.42. The fourth-order valence-electron chi connectivity index (χ4n) is 3.46. The molecule has 0 amide bonds. The van der Waals surface area contributed by atoms with Crippen molar-refractivity contribution in [3.05, 3.63) is 71.8 Å². The Balaban J connectivity index is 2.23. The summed E-state index contributed by atoms with van der Waals surface area (Å²) in [5.74, 6) is 0. The maximum absolute atomic E-state index is 6.83. The first-order valence-corrected chi connectivity index (χ1v) is 7.91. The molecule has 2 heteroatoms. The molecule has 0 atom stereocenters. The first-order valence-electron chi connectivity index (χ1n) is 7.16. The van der Waals surface area contributed by atoms with Gasteiger partial charge in [0.15, 0.2) is 0 Å². The average Bonchev–Trinajstić information content (AvgIpc) is 2.49. The van der Waals surface area contributed by atoms with E-state index in [0.29, 0.717) is 0 Å². The summed E-state index contributed by atoms with van der Waals surface area (Å²) in [7, 11) is 0. The minimum absolute atomic E-state index is 0.309. The molecule has 104 valence electrons. The summed E-state index contributed by atoms with van der Waals surface area (Å²) >= 11 is 13.7. The Morgan fingerprint density at radius 2 is 1.10 bits per heavy atom. The lowest BCUT2D eigenvalue weighted by molar-refractivity contribution is 0.323. The van der Waals surface area contributed by atoms with Crippen molar-refractivity contribution in [1.29, 1.82) is 0 Å². The number of hydrogen-bond donors (Lipinski definition) is 0. The summed E-state index contributed by atoms with van der Waals surface area (Å²) in [6.07, 6.45) is 4.08. The minimum atomic E-state index is -0.756. The third kappa shape index (κ3) is 2.16. The highest BCUT2D eigenvalue weighted by molar-refractivity contribution is 6.49. The number of halogens is 2. The molecule has 0 radical (unpaired) electrons. The molecule has 0 N–H and O–H groups in total. The van der Waals surface area contributed by atoms with Gasteiger partial charge in [0, 0.05) is 0 Å². The molecule has 0 aromatic heterocycles. The van der Waals surface area contributed by atoms with Gasteiger partial charge in [-0.1, -0.05) is 73.5 Å². The van der Waals surface area contributed by atoms with Gasteiger partial charge in [0.25, 0.3) is 0 Å². The van der Waals surface area contributed by atoms with Gasteiger partial charge in [-0.3, -0.25) is 0 Å². The van der Waals surface area contributed by atoms with Crippen LogP contribution in [0.15, 0.2) is 60.7 Å². The lowest BCUT2D eigenvalue weighted by atomic mass is 9.64. The molecule has 0 aliphatic heterocycles. The Labute approximate surface area is 130 Å². The summed E-state index contributed by atoms with van der Waals surface area (Å²) in [4.78, 5) is 0. The molecule has 0 bridgehead atoms. The van der Waals surface area contributed by atoms with Gasteiger partial charge >= 0.3 is 0 Å². The van der Waals surface area contributed by atoms with Crippen molar-refractivity contribution in [3.63, 3.8) is 0 Å². The van der Waals surface area contributed by atoms with Crippen molar-refractivity contribution in [2.24, 2.45) is 0 Å². The third-order valence-electron chi connectivity index (χ3n) is 4.45. The predicted octanol–water partition coefficient (Wildman–Crippen LogP) is 5.72. The second-order valence-corrected chi connectivity index (χ2v) is 7.03. The van der Waals surface area contributed by atoms with Crippen LogP contribution >= 0.6 is 23.2 Å². The number of rotatable bonds is 2. The summed E-state index contributed by atoms with van der Waals surface area (Å²) < 4.78 is -0.756. The van der Waals surface area contributed by atoms with Crippen LogP contribution < -0.4 is 0 Å². The van der Waals surface area contributed by atoms with Gasteiger partial charge in [0.05, 0.1) is 5.41 Å². The van der Waals surface area contributed by atoms with Crippen LogP contribution in [0.1, 0.15) is 36.8 Å². The SMILES string of the molecule is ClC1(Cl)CCCCC1(c1ccccc1)c1ccccc1. The summed E-state index contributed by atoms with van der Waals surface area (Å²) in [6, 6.07) is 20.9. The molecule has 0 unspecified atom stereocenters. The second-order valence-electron chi connectivity index (χ2n) is 5.55. The van der Waals surface area contributed by atoms with E-state index in [1.165, 1.54) is 11.1 Å². The van der Waals surface area contributed by atoms with Crippen LogP contribution in [0.4, 0.5) is 0 Å². The third-order valence-corrected chi connectivity index (χ3v) is 5.47. The maximum Gasteiger partial charge on any atom is 0.131 e. The fourth-order valence-corrected chi connectivity index (χ4v) is 4.35. The quantitative estimate of drug-likeness (QED) is 0.622. The molecule has 1 saturated carbocycles. The lowest BCUT2D eigenvalue weighted by Crippen LogP contribution is -2.47. The Morgan fingerprint density at radius 1 is 0.650 bits per heavy atom. The summed E-state index contributed by atoms with van der Waals surface area (Å²) in [5, 5.41) is 0. The monoisotopic (exact) mass is 304 g/mol. The van der Waals surface area contributed by atoms with Gasteiger partial charge in [-0.25, -0.2) is 0 Å². The zero-order valence-electron chi connectivity index (χ0n) is 11.4. The van der Waals surface area contributed by atoms with Crippen LogP contribution in [0.25, 0.3) is 0 Å². The molecular formula is C18H18Cl2. The molecule has 0 spiro atoms. The van der Waals surface area contributed by atoms with Gasteiger partial charge < -0.3 is 0 Å². The molecule has 20 heavy (non-hydrogen) atoms. The maximum atomic E-state index is 6.83. The first kappa shape index (κ1) is 14.0. The van der Waals surface area contributed by atoms with E-state index in [-0.39, 0.29) is 5.41 Å². The van der Waals surface area contributed by atoms with Crippen molar-refractivity contribution in [1.82, 2.24) is 0 Å². The van der Waals surface area contributed by atoms with Crippen molar-refractivity contribution < 1.29 is 0 Å². The van der Waals surface area contributed by atoms with Crippen LogP contribution in [-0.4, -0.2) is 4.33 Å². The molecular weight excluding hydrogens is 287 g/mol. The largest absolute Gasteiger partial charge is 0.131 e. The smallest absolute Gasteiger partial charge is 0.100 e. The lowest BCUT2D eigenvalue weighted by Gasteiger charge is -2.47. The average molecular weight is 305 g/mol. The fraction of sp³-hybridized carbons (Fsp3) is 0.333. The standard InChI is InChI=1S/C18H18Cl2/c19-18(20)14-8-7-13-17(18,15-9-3-1-4-10-15)16-11-5-2-6-12-16/h1-6,9-12H,7-8,13-14H2. The van der Waals surface area contributed by atoms with Crippen LogP contribution in [0.5, 0.6) is 0 Å². The Kier molecular flexibility index (Phi) is 3.79. The van der Waals surface area contributed by atoms with Gasteiger partial charge in [0.1, 0.15) is 4.33 Å².